The van der Waals surface area contributed by atoms with Crippen LogP contribution in [0.15, 0.2) is 48.5 Å². The number of ether oxygens (including phenoxy) is 1. The van der Waals surface area contributed by atoms with E-state index in [0.29, 0.717) is 12.2 Å². The Morgan fingerprint density at radius 2 is 1.82 bits per heavy atom. The van der Waals surface area contributed by atoms with Gasteiger partial charge in [0, 0.05) is 23.4 Å². The van der Waals surface area contributed by atoms with Gasteiger partial charge in [0.2, 0.25) is 0 Å². The van der Waals surface area contributed by atoms with Gasteiger partial charge in [0.25, 0.3) is 5.91 Å². The van der Waals surface area contributed by atoms with Crippen LogP contribution in [0.25, 0.3) is 5.69 Å². The molecule has 0 spiro atoms. The van der Waals surface area contributed by atoms with Gasteiger partial charge in [0.15, 0.2) is 5.69 Å². The molecule has 33 heavy (non-hydrogen) atoms. The molecule has 1 amide bonds. The van der Waals surface area contributed by atoms with E-state index in [4.69, 9.17) is 9.84 Å². The molecule has 1 fully saturated rings. The largest absolute Gasteiger partial charge is 0.496 e. The number of rotatable bonds is 7. The van der Waals surface area contributed by atoms with E-state index in [1.54, 1.807) is 7.11 Å². The van der Waals surface area contributed by atoms with Gasteiger partial charge in [0.1, 0.15) is 5.75 Å². The maximum absolute atomic E-state index is 13.4. The van der Waals surface area contributed by atoms with E-state index in [1.807, 2.05) is 35.0 Å². The van der Waals surface area contributed by atoms with Crippen LogP contribution in [0, 0.1) is 6.92 Å². The van der Waals surface area contributed by atoms with Gasteiger partial charge in [-0.1, -0.05) is 36.4 Å². The lowest BCUT2D eigenvalue weighted by Crippen LogP contribution is -2.37. The molecule has 1 aliphatic heterocycles. The molecule has 1 saturated heterocycles. The van der Waals surface area contributed by atoms with Crippen LogP contribution in [0.3, 0.4) is 0 Å². The highest BCUT2D eigenvalue weighted by Crippen LogP contribution is 2.32. The van der Waals surface area contributed by atoms with Crippen LogP contribution in [0.2, 0.25) is 0 Å². The summed E-state index contributed by atoms with van der Waals surface area (Å²) in [5.74, 6) is 0.785. The second-order valence-corrected chi connectivity index (χ2v) is 9.04. The third-order valence-electron chi connectivity index (χ3n) is 7.02. The van der Waals surface area contributed by atoms with Crippen LogP contribution >= 0.6 is 0 Å². The highest BCUT2D eigenvalue weighted by Gasteiger charge is 2.30. The number of para-hydroxylation sites is 2. The van der Waals surface area contributed by atoms with Crippen molar-refractivity contribution in [2.24, 2.45) is 0 Å². The molecule has 0 radical (unpaired) electrons. The number of hydrogen-bond donors (Lipinski definition) is 1. The lowest BCUT2D eigenvalue weighted by molar-refractivity contribution is 0.0931. The zero-order valence-electron chi connectivity index (χ0n) is 19.5. The number of methoxy groups -OCH3 is 1. The third-order valence-corrected chi connectivity index (χ3v) is 7.02. The van der Waals surface area contributed by atoms with Gasteiger partial charge in [-0.05, 0) is 69.8 Å². The molecule has 0 bridgehead atoms. The van der Waals surface area contributed by atoms with Crippen LogP contribution in [0.4, 0.5) is 0 Å². The summed E-state index contributed by atoms with van der Waals surface area (Å²) < 4.78 is 7.64. The Labute approximate surface area is 195 Å². The number of amides is 1. The zero-order valence-corrected chi connectivity index (χ0v) is 19.5. The summed E-state index contributed by atoms with van der Waals surface area (Å²) in [6.07, 6.45) is 5.31. The molecule has 6 nitrogen and oxygen atoms in total. The quantitative estimate of drug-likeness (QED) is 0.592. The Kier molecular flexibility index (Phi) is 6.18. The Balaban J connectivity index is 1.41. The molecule has 6 heteroatoms. The highest BCUT2D eigenvalue weighted by atomic mass is 16.5. The number of hydrogen-bond acceptors (Lipinski definition) is 4. The van der Waals surface area contributed by atoms with E-state index in [2.05, 4.69) is 35.3 Å². The minimum absolute atomic E-state index is 0.0825. The van der Waals surface area contributed by atoms with Gasteiger partial charge in [-0.3, -0.25) is 9.69 Å². The number of benzene rings is 2. The molecule has 172 valence electrons. The molecule has 2 aromatic carbocycles. The fourth-order valence-electron chi connectivity index (χ4n) is 5.32. The maximum Gasteiger partial charge on any atom is 0.272 e. The van der Waals surface area contributed by atoms with Crippen LogP contribution in [-0.2, 0) is 12.8 Å². The van der Waals surface area contributed by atoms with E-state index in [9.17, 15) is 4.79 Å². The van der Waals surface area contributed by atoms with Crippen LogP contribution in [0.1, 0.15) is 58.2 Å². The number of carbonyl (C=O) groups excluding carboxylic acids is 1. The number of aryl methyl sites for hydroxylation is 1. The Hall–Kier alpha value is -3.12. The molecular formula is C27H32N4O2. The molecule has 1 atom stereocenters. The first-order chi connectivity index (χ1) is 16.2. The van der Waals surface area contributed by atoms with Crippen molar-refractivity contribution in [3.05, 3.63) is 76.6 Å². The van der Waals surface area contributed by atoms with Gasteiger partial charge in [-0.25, -0.2) is 4.68 Å². The van der Waals surface area contributed by atoms with Gasteiger partial charge in [-0.15, -0.1) is 0 Å². The summed E-state index contributed by atoms with van der Waals surface area (Å²) in [5, 5.41) is 8.03. The number of aromatic nitrogens is 2. The number of nitrogens with one attached hydrogen (secondary N) is 1. The highest BCUT2D eigenvalue weighted by molar-refractivity contribution is 5.94. The summed E-state index contributed by atoms with van der Waals surface area (Å²) in [4.78, 5) is 15.9. The zero-order chi connectivity index (χ0) is 22.8. The van der Waals surface area contributed by atoms with Gasteiger partial charge >= 0.3 is 0 Å². The van der Waals surface area contributed by atoms with Crippen LogP contribution in [0.5, 0.6) is 5.75 Å². The Morgan fingerprint density at radius 3 is 2.61 bits per heavy atom. The summed E-state index contributed by atoms with van der Waals surface area (Å²) in [7, 11) is 1.71. The van der Waals surface area contributed by atoms with Gasteiger partial charge in [-0.2, -0.15) is 5.10 Å². The predicted molar refractivity (Wildman–Crippen MR) is 129 cm³/mol. The first-order valence-corrected chi connectivity index (χ1v) is 12.0. The van der Waals surface area contributed by atoms with Crippen molar-refractivity contribution in [2.75, 3.05) is 26.7 Å². The van der Waals surface area contributed by atoms with Gasteiger partial charge in [0.05, 0.1) is 18.8 Å². The fourth-order valence-corrected chi connectivity index (χ4v) is 5.32. The minimum Gasteiger partial charge on any atom is -0.496 e. The van der Waals surface area contributed by atoms with Crippen molar-refractivity contribution in [2.45, 2.75) is 45.1 Å². The number of nitrogens with zero attached hydrogens (tertiary/aromatic N) is 3. The monoisotopic (exact) mass is 444 g/mol. The summed E-state index contributed by atoms with van der Waals surface area (Å²) in [6.45, 7) is 4.70. The predicted octanol–water partition coefficient (Wildman–Crippen LogP) is 4.24. The Morgan fingerprint density at radius 1 is 1.06 bits per heavy atom. The lowest BCUT2D eigenvalue weighted by atomic mass is 10.0. The summed E-state index contributed by atoms with van der Waals surface area (Å²) in [6, 6.07) is 16.4. The molecule has 1 aromatic heterocycles. The van der Waals surface area contributed by atoms with E-state index in [-0.39, 0.29) is 11.9 Å². The molecule has 2 heterocycles. The first-order valence-electron chi connectivity index (χ1n) is 12.0. The molecule has 0 saturated carbocycles. The standard InChI is InChI=1S/C27H32N4O2/c1-19-10-3-5-13-22(19)31-23-14-9-12-21(23)26(29-31)27(32)28-18-24(30-16-7-8-17-30)20-11-4-6-15-25(20)33-2/h3-6,10-11,13,15,24H,7-9,12,14,16-18H2,1-2H3,(H,28,32). The minimum atomic E-state index is -0.0837. The molecule has 2 aliphatic rings. The van der Waals surface area contributed by atoms with Crippen molar-refractivity contribution in [1.29, 1.82) is 0 Å². The summed E-state index contributed by atoms with van der Waals surface area (Å²) in [5.41, 5.74) is 6.19. The van der Waals surface area contributed by atoms with Crippen molar-refractivity contribution in [3.63, 3.8) is 0 Å². The molecule has 1 aliphatic carbocycles. The van der Waals surface area contributed by atoms with Gasteiger partial charge < -0.3 is 10.1 Å². The molecular weight excluding hydrogens is 412 g/mol. The second kappa shape index (κ2) is 9.40. The smallest absolute Gasteiger partial charge is 0.272 e. The fraction of sp³-hybridized carbons (Fsp3) is 0.407. The maximum atomic E-state index is 13.4. The van der Waals surface area contributed by atoms with E-state index >= 15 is 0 Å². The average molecular weight is 445 g/mol. The first kappa shape index (κ1) is 21.7. The molecule has 5 rings (SSSR count). The second-order valence-electron chi connectivity index (χ2n) is 9.04. The average Bonchev–Trinajstić information content (AvgIpc) is 3.59. The van der Waals surface area contributed by atoms with Crippen molar-refractivity contribution in [3.8, 4) is 11.4 Å². The van der Waals surface area contributed by atoms with Crippen molar-refractivity contribution < 1.29 is 9.53 Å². The molecule has 1 N–H and O–H groups in total. The van der Waals surface area contributed by atoms with E-state index < -0.39 is 0 Å². The molecule has 3 aromatic rings. The number of carbonyl (C=O) groups is 1. The normalized spacial score (nSPS) is 16.5. The molecule has 1 unspecified atom stereocenters. The number of likely N-dealkylation sites (tertiary alicyclic amines) is 1. The Bertz CT molecular complexity index is 1150. The SMILES string of the molecule is COc1ccccc1C(CNC(=O)c1nn(-c2ccccc2C)c2c1CCC2)N1CCCC1. The van der Waals surface area contributed by atoms with Crippen molar-refractivity contribution >= 4 is 5.91 Å². The summed E-state index contributed by atoms with van der Waals surface area (Å²) >= 11 is 0. The van der Waals surface area contributed by atoms with Crippen LogP contribution < -0.4 is 10.1 Å². The third kappa shape index (κ3) is 4.15. The van der Waals surface area contributed by atoms with Crippen molar-refractivity contribution in [1.82, 2.24) is 20.0 Å². The van der Waals surface area contributed by atoms with E-state index in [0.717, 1.165) is 60.5 Å². The lowest BCUT2D eigenvalue weighted by Gasteiger charge is -2.29. The van der Waals surface area contributed by atoms with Crippen LogP contribution in [-0.4, -0.2) is 47.3 Å². The topological polar surface area (TPSA) is 59.4 Å². The van der Waals surface area contributed by atoms with E-state index in [1.165, 1.54) is 18.5 Å². The number of fused-ring (bicyclic) bond motifs is 1.